The summed E-state index contributed by atoms with van der Waals surface area (Å²) in [5.41, 5.74) is 1.46. The molecule has 0 amide bonds. The molecule has 2 heteroatoms. The van der Waals surface area contributed by atoms with Crippen molar-refractivity contribution in [2.24, 2.45) is 11.8 Å². The third-order valence-electron chi connectivity index (χ3n) is 5.39. The van der Waals surface area contributed by atoms with Crippen LogP contribution in [0.5, 0.6) is 5.75 Å². The maximum absolute atomic E-state index is 5.82. The first-order valence-corrected chi connectivity index (χ1v) is 8.81. The van der Waals surface area contributed by atoms with Crippen molar-refractivity contribution in [3.8, 4) is 5.75 Å². The summed E-state index contributed by atoms with van der Waals surface area (Å²) in [6, 6.07) is 8.67. The monoisotopic (exact) mass is 287 g/mol. The molecule has 21 heavy (non-hydrogen) atoms. The molecule has 116 valence electrons. The summed E-state index contributed by atoms with van der Waals surface area (Å²) in [6.07, 6.45) is 8.26. The number of benzene rings is 1. The normalized spacial score (nSPS) is 28.7. The van der Waals surface area contributed by atoms with Gasteiger partial charge in [-0.3, -0.25) is 0 Å². The molecule has 1 heterocycles. The van der Waals surface area contributed by atoms with Gasteiger partial charge in [-0.1, -0.05) is 44.4 Å². The van der Waals surface area contributed by atoms with Gasteiger partial charge in [0.25, 0.3) is 0 Å². The first kappa shape index (κ1) is 14.9. The largest absolute Gasteiger partial charge is 0.493 e. The van der Waals surface area contributed by atoms with Crippen molar-refractivity contribution in [1.82, 2.24) is 5.32 Å². The van der Waals surface area contributed by atoms with Gasteiger partial charge < -0.3 is 10.1 Å². The summed E-state index contributed by atoms with van der Waals surface area (Å²) in [4.78, 5) is 0. The van der Waals surface area contributed by atoms with Gasteiger partial charge in [0.15, 0.2) is 0 Å². The van der Waals surface area contributed by atoms with E-state index in [4.69, 9.17) is 4.74 Å². The van der Waals surface area contributed by atoms with Gasteiger partial charge in [0, 0.05) is 0 Å². The molecular weight excluding hydrogens is 258 g/mol. The fourth-order valence-corrected chi connectivity index (χ4v) is 4.22. The molecule has 1 aromatic rings. The maximum Gasteiger partial charge on any atom is 0.122 e. The molecule has 0 aromatic heterocycles. The van der Waals surface area contributed by atoms with Gasteiger partial charge >= 0.3 is 0 Å². The number of hydrogen-bond donors (Lipinski definition) is 1. The molecule has 1 saturated carbocycles. The van der Waals surface area contributed by atoms with Crippen molar-refractivity contribution in [2.75, 3.05) is 19.7 Å². The summed E-state index contributed by atoms with van der Waals surface area (Å²) in [5, 5.41) is 3.58. The SMILES string of the molecule is CCNCC1CCCCC1CC1CCOc2ccccc21. The van der Waals surface area contributed by atoms with Crippen LogP contribution in [0.4, 0.5) is 0 Å². The van der Waals surface area contributed by atoms with Gasteiger partial charge in [0.2, 0.25) is 0 Å². The van der Waals surface area contributed by atoms with E-state index in [0.717, 1.165) is 30.7 Å². The molecule has 1 aliphatic heterocycles. The summed E-state index contributed by atoms with van der Waals surface area (Å²) in [5.74, 6) is 3.62. The molecule has 1 fully saturated rings. The Kier molecular flexibility index (Phi) is 5.18. The Bertz CT molecular complexity index is 445. The molecule has 0 saturated heterocycles. The van der Waals surface area contributed by atoms with Crippen molar-refractivity contribution < 1.29 is 4.74 Å². The predicted molar refractivity (Wildman–Crippen MR) is 87.9 cm³/mol. The standard InChI is InChI=1S/C19H29NO/c1-2-20-14-17-8-4-3-7-15(17)13-16-11-12-21-19-10-6-5-9-18(16)19/h5-6,9-10,15-17,20H,2-4,7-8,11-14H2,1H3. The number of rotatable bonds is 5. The van der Waals surface area contributed by atoms with Gasteiger partial charge in [-0.05, 0) is 61.7 Å². The lowest BCUT2D eigenvalue weighted by atomic mass is 9.72. The predicted octanol–water partition coefficient (Wildman–Crippen LogP) is 4.36. The second-order valence-corrected chi connectivity index (χ2v) is 6.72. The molecule has 1 aliphatic carbocycles. The zero-order valence-corrected chi connectivity index (χ0v) is 13.3. The minimum Gasteiger partial charge on any atom is -0.493 e. The second kappa shape index (κ2) is 7.31. The maximum atomic E-state index is 5.82. The highest BCUT2D eigenvalue weighted by molar-refractivity contribution is 5.37. The van der Waals surface area contributed by atoms with Crippen molar-refractivity contribution in [1.29, 1.82) is 0 Å². The topological polar surface area (TPSA) is 21.3 Å². The van der Waals surface area contributed by atoms with Crippen LogP contribution >= 0.6 is 0 Å². The zero-order chi connectivity index (χ0) is 14.5. The number of para-hydroxylation sites is 1. The number of ether oxygens (including phenoxy) is 1. The molecule has 1 aromatic carbocycles. The Labute approximate surface area is 129 Å². The van der Waals surface area contributed by atoms with E-state index in [1.165, 1.54) is 50.6 Å². The van der Waals surface area contributed by atoms with Crippen LogP contribution in [-0.4, -0.2) is 19.7 Å². The lowest BCUT2D eigenvalue weighted by molar-refractivity contribution is 0.186. The molecule has 3 rings (SSSR count). The van der Waals surface area contributed by atoms with Crippen molar-refractivity contribution >= 4 is 0 Å². The highest BCUT2D eigenvalue weighted by Crippen LogP contribution is 2.42. The molecule has 2 nitrogen and oxygen atoms in total. The quantitative estimate of drug-likeness (QED) is 0.869. The molecule has 0 bridgehead atoms. The second-order valence-electron chi connectivity index (χ2n) is 6.72. The van der Waals surface area contributed by atoms with Crippen LogP contribution in [0.2, 0.25) is 0 Å². The Balaban J connectivity index is 1.67. The van der Waals surface area contributed by atoms with Crippen molar-refractivity contribution in [2.45, 2.75) is 51.4 Å². The summed E-state index contributed by atoms with van der Waals surface area (Å²) in [7, 11) is 0. The van der Waals surface area contributed by atoms with Crippen LogP contribution in [0.1, 0.15) is 56.9 Å². The molecule has 3 unspecified atom stereocenters. The number of hydrogen-bond acceptors (Lipinski definition) is 2. The van der Waals surface area contributed by atoms with E-state index >= 15 is 0 Å². The summed E-state index contributed by atoms with van der Waals surface area (Å²) in [6.45, 7) is 5.42. The highest BCUT2D eigenvalue weighted by Gasteiger charge is 2.30. The molecule has 0 spiro atoms. The first-order valence-electron chi connectivity index (χ1n) is 8.81. The Morgan fingerprint density at radius 2 is 1.90 bits per heavy atom. The van der Waals surface area contributed by atoms with Crippen molar-refractivity contribution in [3.05, 3.63) is 29.8 Å². The molecular formula is C19H29NO. The molecule has 3 atom stereocenters. The van der Waals surface area contributed by atoms with E-state index in [-0.39, 0.29) is 0 Å². The summed E-state index contributed by atoms with van der Waals surface area (Å²) >= 11 is 0. The van der Waals surface area contributed by atoms with Gasteiger partial charge in [-0.2, -0.15) is 0 Å². The molecule has 0 radical (unpaired) electrons. The van der Waals surface area contributed by atoms with Crippen LogP contribution in [0.25, 0.3) is 0 Å². The van der Waals surface area contributed by atoms with Crippen molar-refractivity contribution in [3.63, 3.8) is 0 Å². The minimum absolute atomic E-state index is 0.710. The highest BCUT2D eigenvalue weighted by atomic mass is 16.5. The minimum atomic E-state index is 0.710. The Hall–Kier alpha value is -1.02. The van der Waals surface area contributed by atoms with E-state index in [2.05, 4.69) is 36.5 Å². The fourth-order valence-electron chi connectivity index (χ4n) is 4.22. The number of fused-ring (bicyclic) bond motifs is 1. The van der Waals surface area contributed by atoms with Gasteiger partial charge in [-0.15, -0.1) is 0 Å². The van der Waals surface area contributed by atoms with Crippen LogP contribution < -0.4 is 10.1 Å². The smallest absolute Gasteiger partial charge is 0.122 e. The van der Waals surface area contributed by atoms with E-state index in [1.807, 2.05) is 0 Å². The Morgan fingerprint density at radius 3 is 2.76 bits per heavy atom. The van der Waals surface area contributed by atoms with Gasteiger partial charge in [0.1, 0.15) is 5.75 Å². The molecule has 2 aliphatic rings. The third kappa shape index (κ3) is 3.60. The van der Waals surface area contributed by atoms with Gasteiger partial charge in [-0.25, -0.2) is 0 Å². The average molecular weight is 287 g/mol. The van der Waals surface area contributed by atoms with E-state index < -0.39 is 0 Å². The number of nitrogens with one attached hydrogen (secondary N) is 1. The molecule has 1 N–H and O–H groups in total. The summed E-state index contributed by atoms with van der Waals surface area (Å²) < 4.78 is 5.82. The van der Waals surface area contributed by atoms with Gasteiger partial charge in [0.05, 0.1) is 6.61 Å². The van der Waals surface area contributed by atoms with E-state index in [0.29, 0.717) is 5.92 Å². The van der Waals surface area contributed by atoms with Crippen LogP contribution in [0.3, 0.4) is 0 Å². The van der Waals surface area contributed by atoms with Crippen LogP contribution in [0.15, 0.2) is 24.3 Å². The first-order chi connectivity index (χ1) is 10.4. The van der Waals surface area contributed by atoms with E-state index in [1.54, 1.807) is 0 Å². The fraction of sp³-hybridized carbons (Fsp3) is 0.684. The van der Waals surface area contributed by atoms with Crippen LogP contribution in [-0.2, 0) is 0 Å². The lowest BCUT2D eigenvalue weighted by Crippen LogP contribution is -2.32. The Morgan fingerprint density at radius 1 is 1.10 bits per heavy atom. The zero-order valence-electron chi connectivity index (χ0n) is 13.3. The lowest BCUT2D eigenvalue weighted by Gasteiger charge is -2.36. The third-order valence-corrected chi connectivity index (χ3v) is 5.39. The van der Waals surface area contributed by atoms with E-state index in [9.17, 15) is 0 Å². The van der Waals surface area contributed by atoms with Crippen LogP contribution in [0, 0.1) is 11.8 Å². The average Bonchev–Trinajstić information content (AvgIpc) is 2.54.